The summed E-state index contributed by atoms with van der Waals surface area (Å²) in [5.74, 6) is 0.783. The minimum absolute atomic E-state index is 0.244. The van der Waals surface area contributed by atoms with Crippen molar-refractivity contribution in [3.05, 3.63) is 24.3 Å². The maximum absolute atomic E-state index is 9.27. The quantitative estimate of drug-likeness (QED) is 0.603. The molecule has 0 amide bonds. The summed E-state index contributed by atoms with van der Waals surface area (Å²) in [6, 6.07) is 7.60. The number of aliphatic hydroxyl groups excluding tert-OH is 2. The van der Waals surface area contributed by atoms with E-state index in [4.69, 9.17) is 9.84 Å². The minimum Gasteiger partial charge on any atom is -0.491 e. The van der Waals surface area contributed by atoms with Gasteiger partial charge in [0.25, 0.3) is 0 Å². The summed E-state index contributed by atoms with van der Waals surface area (Å²) in [6.07, 6.45) is 1.37. The highest BCUT2D eigenvalue weighted by atomic mass is 16.5. The first-order valence-corrected chi connectivity index (χ1v) is 6.02. The number of ether oxygens (including phenoxy) is 1. The lowest BCUT2D eigenvalue weighted by Gasteiger charge is -2.14. The van der Waals surface area contributed by atoms with Crippen LogP contribution < -0.4 is 10.1 Å². The van der Waals surface area contributed by atoms with Crippen LogP contribution in [0.15, 0.2) is 24.3 Å². The Hall–Kier alpha value is -1.26. The van der Waals surface area contributed by atoms with Crippen molar-refractivity contribution in [3.63, 3.8) is 0 Å². The lowest BCUT2D eigenvalue weighted by Crippen LogP contribution is -2.23. The van der Waals surface area contributed by atoms with Gasteiger partial charge in [0, 0.05) is 6.54 Å². The van der Waals surface area contributed by atoms with Crippen LogP contribution in [-0.4, -0.2) is 36.1 Å². The summed E-state index contributed by atoms with van der Waals surface area (Å²) in [5.41, 5.74) is 0.844. The van der Waals surface area contributed by atoms with E-state index in [-0.39, 0.29) is 6.61 Å². The van der Waals surface area contributed by atoms with Crippen molar-refractivity contribution in [2.24, 2.45) is 0 Å². The van der Waals surface area contributed by atoms with Gasteiger partial charge in [-0.1, -0.05) is 25.5 Å². The molecule has 0 aliphatic heterocycles. The number of hydrogen-bond donors (Lipinski definition) is 3. The van der Waals surface area contributed by atoms with Crippen molar-refractivity contribution >= 4 is 5.69 Å². The van der Waals surface area contributed by atoms with Crippen molar-refractivity contribution in [3.8, 4) is 5.75 Å². The van der Waals surface area contributed by atoms with Gasteiger partial charge in [-0.05, 0) is 18.6 Å². The number of hydrogen-bond acceptors (Lipinski definition) is 4. The van der Waals surface area contributed by atoms with Crippen LogP contribution in [0.1, 0.15) is 19.8 Å². The zero-order valence-electron chi connectivity index (χ0n) is 10.2. The first kappa shape index (κ1) is 13.8. The summed E-state index contributed by atoms with van der Waals surface area (Å²) in [7, 11) is 0. The highest BCUT2D eigenvalue weighted by Crippen LogP contribution is 2.23. The highest BCUT2D eigenvalue weighted by molar-refractivity contribution is 5.56. The second kappa shape index (κ2) is 7.92. The zero-order chi connectivity index (χ0) is 12.5. The molecule has 4 heteroatoms. The smallest absolute Gasteiger partial charge is 0.142 e. The van der Waals surface area contributed by atoms with E-state index >= 15 is 0 Å². The van der Waals surface area contributed by atoms with Gasteiger partial charge >= 0.3 is 0 Å². The maximum atomic E-state index is 9.27. The Labute approximate surface area is 102 Å². The van der Waals surface area contributed by atoms with Crippen LogP contribution in [0.3, 0.4) is 0 Å². The predicted octanol–water partition coefficient (Wildman–Crippen LogP) is 1.63. The Balaban J connectivity index is 2.51. The molecule has 1 unspecified atom stereocenters. The molecule has 0 saturated carbocycles. The van der Waals surface area contributed by atoms with E-state index in [1.165, 1.54) is 0 Å². The standard InChI is InChI=1S/C13H21NO3/c1-2-3-8-17-13-7-5-4-6-12(13)14-9-11(16)10-15/h4-7,11,14-16H,2-3,8-10H2,1H3. The number of rotatable bonds is 8. The number of nitrogens with one attached hydrogen (secondary N) is 1. The first-order valence-electron chi connectivity index (χ1n) is 6.02. The molecule has 0 fully saturated rings. The van der Waals surface area contributed by atoms with Crippen LogP contribution in [0.2, 0.25) is 0 Å². The van der Waals surface area contributed by atoms with Crippen LogP contribution in [0.4, 0.5) is 5.69 Å². The molecule has 1 aromatic rings. The third-order valence-electron chi connectivity index (χ3n) is 2.38. The molecular formula is C13H21NO3. The molecule has 0 heterocycles. The van der Waals surface area contributed by atoms with Crippen molar-refractivity contribution in [2.75, 3.05) is 25.1 Å². The van der Waals surface area contributed by atoms with Crippen LogP contribution >= 0.6 is 0 Å². The molecule has 1 atom stereocenters. The third kappa shape index (κ3) is 5.06. The molecule has 3 N–H and O–H groups in total. The summed E-state index contributed by atoms with van der Waals surface area (Å²) in [6.45, 7) is 2.87. The molecule has 4 nitrogen and oxygen atoms in total. The topological polar surface area (TPSA) is 61.7 Å². The number of benzene rings is 1. The summed E-state index contributed by atoms with van der Waals surface area (Å²) in [4.78, 5) is 0. The van der Waals surface area contributed by atoms with E-state index in [1.54, 1.807) is 0 Å². The summed E-state index contributed by atoms with van der Waals surface area (Å²) < 4.78 is 5.64. The number of aliphatic hydroxyl groups is 2. The van der Waals surface area contributed by atoms with Gasteiger partial charge in [-0.2, -0.15) is 0 Å². The Morgan fingerprint density at radius 3 is 2.82 bits per heavy atom. The monoisotopic (exact) mass is 239 g/mol. The molecule has 0 spiro atoms. The fourth-order valence-electron chi connectivity index (χ4n) is 1.36. The van der Waals surface area contributed by atoms with Gasteiger partial charge in [0.2, 0.25) is 0 Å². The van der Waals surface area contributed by atoms with E-state index in [9.17, 15) is 5.11 Å². The van der Waals surface area contributed by atoms with Crippen molar-refractivity contribution in [1.29, 1.82) is 0 Å². The SMILES string of the molecule is CCCCOc1ccccc1NCC(O)CO. The maximum Gasteiger partial charge on any atom is 0.142 e. The zero-order valence-corrected chi connectivity index (χ0v) is 10.2. The molecular weight excluding hydrogens is 218 g/mol. The van der Waals surface area contributed by atoms with Gasteiger partial charge in [0.1, 0.15) is 5.75 Å². The van der Waals surface area contributed by atoms with Crippen molar-refractivity contribution < 1.29 is 14.9 Å². The molecule has 1 rings (SSSR count). The lowest BCUT2D eigenvalue weighted by molar-refractivity contribution is 0.105. The highest BCUT2D eigenvalue weighted by Gasteiger charge is 2.05. The fourth-order valence-corrected chi connectivity index (χ4v) is 1.36. The van der Waals surface area contributed by atoms with E-state index in [0.29, 0.717) is 13.2 Å². The van der Waals surface area contributed by atoms with Crippen LogP contribution in [0.25, 0.3) is 0 Å². The van der Waals surface area contributed by atoms with Crippen molar-refractivity contribution in [1.82, 2.24) is 0 Å². The molecule has 0 bridgehead atoms. The molecule has 0 aliphatic rings. The number of para-hydroxylation sites is 2. The molecule has 0 saturated heterocycles. The van der Waals surface area contributed by atoms with Gasteiger partial charge < -0.3 is 20.3 Å². The predicted molar refractivity (Wildman–Crippen MR) is 68.4 cm³/mol. The normalized spacial score (nSPS) is 12.2. The van der Waals surface area contributed by atoms with Gasteiger partial charge in [-0.15, -0.1) is 0 Å². The number of anilines is 1. The van der Waals surface area contributed by atoms with Gasteiger partial charge in [0.15, 0.2) is 0 Å². The average molecular weight is 239 g/mol. The fraction of sp³-hybridized carbons (Fsp3) is 0.538. The number of unbranched alkanes of at least 4 members (excludes halogenated alkanes) is 1. The van der Waals surface area contributed by atoms with Crippen molar-refractivity contribution in [2.45, 2.75) is 25.9 Å². The lowest BCUT2D eigenvalue weighted by atomic mass is 10.2. The average Bonchev–Trinajstić information content (AvgIpc) is 2.37. The van der Waals surface area contributed by atoms with Gasteiger partial charge in [0.05, 0.1) is 25.0 Å². The molecule has 0 aliphatic carbocycles. The van der Waals surface area contributed by atoms with Gasteiger partial charge in [-0.25, -0.2) is 0 Å². The second-order valence-corrected chi connectivity index (χ2v) is 3.92. The largest absolute Gasteiger partial charge is 0.491 e. The van der Waals surface area contributed by atoms with Gasteiger partial charge in [-0.3, -0.25) is 0 Å². The summed E-state index contributed by atoms with van der Waals surface area (Å²) >= 11 is 0. The second-order valence-electron chi connectivity index (χ2n) is 3.92. The van der Waals surface area contributed by atoms with E-state index in [0.717, 1.165) is 24.3 Å². The Bertz CT molecular complexity index is 317. The van der Waals surface area contributed by atoms with E-state index in [2.05, 4.69) is 12.2 Å². The van der Waals surface area contributed by atoms with E-state index in [1.807, 2.05) is 24.3 Å². The Morgan fingerprint density at radius 2 is 2.12 bits per heavy atom. The molecule has 17 heavy (non-hydrogen) atoms. The molecule has 0 radical (unpaired) electrons. The molecule has 96 valence electrons. The summed E-state index contributed by atoms with van der Waals surface area (Å²) in [5, 5.41) is 21.1. The molecule has 0 aromatic heterocycles. The van der Waals surface area contributed by atoms with E-state index < -0.39 is 6.10 Å². The minimum atomic E-state index is -0.751. The molecule has 1 aromatic carbocycles. The van der Waals surface area contributed by atoms with Crippen LogP contribution in [-0.2, 0) is 0 Å². The first-order chi connectivity index (χ1) is 8.27. The Kier molecular flexibility index (Phi) is 6.43. The third-order valence-corrected chi connectivity index (χ3v) is 2.38. The Morgan fingerprint density at radius 1 is 1.35 bits per heavy atom. The van der Waals surface area contributed by atoms with Crippen LogP contribution in [0, 0.1) is 0 Å². The van der Waals surface area contributed by atoms with Crippen LogP contribution in [0.5, 0.6) is 5.75 Å².